The first kappa shape index (κ1) is 17.9. The topological polar surface area (TPSA) is 60.3 Å². The second-order valence-electron chi connectivity index (χ2n) is 5.98. The molecule has 3 rings (SSSR count). The Morgan fingerprint density at radius 1 is 1.31 bits per heavy atom. The van der Waals surface area contributed by atoms with Crippen LogP contribution >= 0.6 is 11.3 Å². The quantitative estimate of drug-likeness (QED) is 0.672. The van der Waals surface area contributed by atoms with Crippen LogP contribution in [0.5, 0.6) is 5.75 Å². The fraction of sp³-hybridized carbons (Fsp3) is 0.200. The molecule has 1 amide bonds. The average Bonchev–Trinajstić information content (AvgIpc) is 2.91. The van der Waals surface area contributed by atoms with Crippen LogP contribution in [0.25, 0.3) is 10.2 Å². The van der Waals surface area contributed by atoms with Crippen molar-refractivity contribution in [1.82, 2.24) is 4.57 Å². The molecular formula is C20H20N2O3S. The molecule has 5 nitrogen and oxygen atoms in total. The Labute approximate surface area is 155 Å². The van der Waals surface area contributed by atoms with E-state index in [-0.39, 0.29) is 17.4 Å². The number of nitrogens with one attached hydrogen (secondary N) is 1. The predicted molar refractivity (Wildman–Crippen MR) is 106 cm³/mol. The largest absolute Gasteiger partial charge is 0.483 e. The van der Waals surface area contributed by atoms with Gasteiger partial charge in [-0.05, 0) is 49.2 Å². The molecule has 1 N–H and O–H groups in total. The van der Waals surface area contributed by atoms with Crippen LogP contribution in [-0.2, 0) is 11.3 Å². The molecule has 26 heavy (non-hydrogen) atoms. The summed E-state index contributed by atoms with van der Waals surface area (Å²) >= 11 is 1.15. The molecule has 134 valence electrons. The highest BCUT2D eigenvalue weighted by Gasteiger charge is 2.10. The van der Waals surface area contributed by atoms with Crippen LogP contribution < -0.4 is 14.9 Å². The van der Waals surface area contributed by atoms with Crippen LogP contribution in [0.2, 0.25) is 0 Å². The van der Waals surface area contributed by atoms with Gasteiger partial charge in [-0.1, -0.05) is 29.5 Å². The zero-order valence-corrected chi connectivity index (χ0v) is 15.6. The van der Waals surface area contributed by atoms with Crippen molar-refractivity contribution in [3.05, 3.63) is 69.8 Å². The molecule has 0 spiro atoms. The van der Waals surface area contributed by atoms with Crippen molar-refractivity contribution in [2.24, 2.45) is 0 Å². The van der Waals surface area contributed by atoms with Gasteiger partial charge < -0.3 is 10.1 Å². The van der Waals surface area contributed by atoms with Gasteiger partial charge in [0, 0.05) is 12.2 Å². The minimum Gasteiger partial charge on any atom is -0.483 e. The minimum atomic E-state index is -0.247. The lowest BCUT2D eigenvalue weighted by Crippen LogP contribution is -2.20. The molecule has 0 radical (unpaired) electrons. The van der Waals surface area contributed by atoms with Gasteiger partial charge in [-0.15, -0.1) is 6.58 Å². The van der Waals surface area contributed by atoms with E-state index in [1.165, 1.54) is 0 Å². The number of aromatic nitrogens is 1. The minimum absolute atomic E-state index is 0.0402. The third kappa shape index (κ3) is 3.70. The lowest BCUT2D eigenvalue weighted by molar-refractivity contribution is -0.118. The Morgan fingerprint density at radius 3 is 2.88 bits per heavy atom. The maximum atomic E-state index is 12.2. The van der Waals surface area contributed by atoms with Crippen molar-refractivity contribution in [2.75, 3.05) is 11.9 Å². The smallest absolute Gasteiger partial charge is 0.308 e. The van der Waals surface area contributed by atoms with Crippen LogP contribution in [0, 0.1) is 13.8 Å². The van der Waals surface area contributed by atoms with Gasteiger partial charge in [0.2, 0.25) is 0 Å². The first-order chi connectivity index (χ1) is 12.5. The number of allylic oxidation sites excluding steroid dienone is 1. The highest BCUT2D eigenvalue weighted by molar-refractivity contribution is 7.16. The normalized spacial score (nSPS) is 10.7. The van der Waals surface area contributed by atoms with Crippen molar-refractivity contribution in [3.63, 3.8) is 0 Å². The van der Waals surface area contributed by atoms with Crippen molar-refractivity contribution in [3.8, 4) is 5.75 Å². The number of benzene rings is 2. The van der Waals surface area contributed by atoms with Gasteiger partial charge in [0.15, 0.2) is 6.61 Å². The van der Waals surface area contributed by atoms with Gasteiger partial charge in [0.1, 0.15) is 5.75 Å². The number of carbonyl (C=O) groups is 1. The van der Waals surface area contributed by atoms with Gasteiger partial charge in [0.25, 0.3) is 5.91 Å². The number of ether oxygens (including phenoxy) is 1. The summed E-state index contributed by atoms with van der Waals surface area (Å²) in [4.78, 5) is 24.1. The number of aryl methyl sites for hydroxylation is 1. The Balaban J connectivity index is 1.70. The zero-order valence-electron chi connectivity index (χ0n) is 14.7. The number of anilines is 1. The second kappa shape index (κ2) is 7.58. The molecule has 6 heteroatoms. The van der Waals surface area contributed by atoms with Crippen LogP contribution in [-0.4, -0.2) is 17.1 Å². The Kier molecular flexibility index (Phi) is 5.23. The SMILES string of the molecule is C=CCn1c(=O)sc2cc(NC(=O)COc3cccc(C)c3C)ccc21. The molecule has 0 aliphatic rings. The summed E-state index contributed by atoms with van der Waals surface area (Å²) in [7, 11) is 0. The van der Waals surface area contributed by atoms with Crippen molar-refractivity contribution in [2.45, 2.75) is 20.4 Å². The van der Waals surface area contributed by atoms with Gasteiger partial charge >= 0.3 is 4.87 Å². The number of amides is 1. The van der Waals surface area contributed by atoms with Crippen molar-refractivity contribution < 1.29 is 9.53 Å². The van der Waals surface area contributed by atoms with E-state index < -0.39 is 0 Å². The number of hydrogen-bond donors (Lipinski definition) is 1. The fourth-order valence-electron chi connectivity index (χ4n) is 2.67. The predicted octanol–water partition coefficient (Wildman–Crippen LogP) is 3.88. The molecule has 0 saturated heterocycles. The summed E-state index contributed by atoms with van der Waals surface area (Å²) in [5.74, 6) is 0.457. The summed E-state index contributed by atoms with van der Waals surface area (Å²) in [6.45, 7) is 8.03. The first-order valence-electron chi connectivity index (χ1n) is 8.22. The maximum absolute atomic E-state index is 12.2. The molecule has 1 heterocycles. The summed E-state index contributed by atoms with van der Waals surface area (Å²) in [5.41, 5.74) is 3.62. The monoisotopic (exact) mass is 368 g/mol. The van der Waals surface area contributed by atoms with Crippen LogP contribution in [0.15, 0.2) is 53.8 Å². The molecule has 0 aliphatic heterocycles. The molecular weight excluding hydrogens is 348 g/mol. The first-order valence-corrected chi connectivity index (χ1v) is 9.04. The number of hydrogen-bond acceptors (Lipinski definition) is 4. The van der Waals surface area contributed by atoms with Crippen LogP contribution in [0.3, 0.4) is 0 Å². The standard InChI is InChI=1S/C20H20N2O3S/c1-4-10-22-16-9-8-15(11-18(16)26-20(22)24)21-19(23)12-25-17-7-5-6-13(2)14(17)3/h4-9,11H,1,10,12H2,2-3H3,(H,21,23). The van der Waals surface area contributed by atoms with Gasteiger partial charge in [-0.25, -0.2) is 0 Å². The highest BCUT2D eigenvalue weighted by Crippen LogP contribution is 2.23. The van der Waals surface area contributed by atoms with Crippen molar-refractivity contribution >= 4 is 33.1 Å². The Bertz CT molecular complexity index is 1030. The van der Waals surface area contributed by atoms with Crippen LogP contribution in [0.4, 0.5) is 5.69 Å². The van der Waals surface area contributed by atoms with E-state index >= 15 is 0 Å². The van der Waals surface area contributed by atoms with Crippen LogP contribution in [0.1, 0.15) is 11.1 Å². The number of carbonyl (C=O) groups excluding carboxylic acids is 1. The summed E-state index contributed by atoms with van der Waals surface area (Å²) in [6.07, 6.45) is 1.69. The number of rotatable bonds is 6. The van der Waals surface area contributed by atoms with E-state index in [0.717, 1.165) is 32.7 Å². The highest BCUT2D eigenvalue weighted by atomic mass is 32.1. The van der Waals surface area contributed by atoms with E-state index in [9.17, 15) is 9.59 Å². The molecule has 0 saturated carbocycles. The van der Waals surface area contributed by atoms with E-state index in [1.54, 1.807) is 22.8 Å². The zero-order chi connectivity index (χ0) is 18.7. The molecule has 3 aromatic rings. The molecule has 0 aliphatic carbocycles. The number of nitrogens with zero attached hydrogens (tertiary/aromatic N) is 1. The lowest BCUT2D eigenvalue weighted by Gasteiger charge is -2.11. The molecule has 0 fully saturated rings. The molecule has 1 aromatic heterocycles. The second-order valence-corrected chi connectivity index (χ2v) is 6.98. The van der Waals surface area contributed by atoms with E-state index in [1.807, 2.05) is 38.1 Å². The number of thiazole rings is 1. The molecule has 2 aromatic carbocycles. The Morgan fingerprint density at radius 2 is 2.12 bits per heavy atom. The fourth-order valence-corrected chi connectivity index (χ4v) is 3.61. The number of fused-ring (bicyclic) bond motifs is 1. The third-order valence-electron chi connectivity index (χ3n) is 4.18. The van der Waals surface area contributed by atoms with Gasteiger partial charge in [0.05, 0.1) is 10.2 Å². The summed E-state index contributed by atoms with van der Waals surface area (Å²) in [6, 6.07) is 11.2. The summed E-state index contributed by atoms with van der Waals surface area (Å²) < 4.78 is 8.10. The van der Waals surface area contributed by atoms with Gasteiger partial charge in [-0.2, -0.15) is 0 Å². The Hall–Kier alpha value is -2.86. The maximum Gasteiger partial charge on any atom is 0.308 e. The van der Waals surface area contributed by atoms with Gasteiger partial charge in [-0.3, -0.25) is 14.2 Å². The molecule has 0 atom stereocenters. The molecule has 0 bridgehead atoms. The summed E-state index contributed by atoms with van der Waals surface area (Å²) in [5, 5.41) is 2.81. The van der Waals surface area contributed by atoms with E-state index in [2.05, 4.69) is 11.9 Å². The van der Waals surface area contributed by atoms with Crippen molar-refractivity contribution in [1.29, 1.82) is 0 Å². The molecule has 0 unspecified atom stereocenters. The third-order valence-corrected chi connectivity index (χ3v) is 5.12. The lowest BCUT2D eigenvalue weighted by atomic mass is 10.1. The van der Waals surface area contributed by atoms with E-state index in [4.69, 9.17) is 4.74 Å². The van der Waals surface area contributed by atoms with E-state index in [0.29, 0.717) is 18.0 Å². The average molecular weight is 368 g/mol.